The van der Waals surface area contributed by atoms with Gasteiger partial charge in [0.25, 0.3) is 6.43 Å². The van der Waals surface area contributed by atoms with Gasteiger partial charge in [-0.3, -0.25) is 13.9 Å². The van der Waals surface area contributed by atoms with E-state index in [9.17, 15) is 28.0 Å². The van der Waals surface area contributed by atoms with E-state index >= 15 is 4.39 Å². The lowest BCUT2D eigenvalue weighted by atomic mass is 9.98. The van der Waals surface area contributed by atoms with Gasteiger partial charge in [0.2, 0.25) is 0 Å². The molecule has 1 aliphatic heterocycles. The minimum atomic E-state index is -4.80. The summed E-state index contributed by atoms with van der Waals surface area (Å²) in [6.07, 6.45) is -10.3. The predicted octanol–water partition coefficient (Wildman–Crippen LogP) is 3.34. The van der Waals surface area contributed by atoms with Crippen LogP contribution in [0.15, 0.2) is 59.5 Å². The molecule has 0 radical (unpaired) electrons. The van der Waals surface area contributed by atoms with E-state index in [-0.39, 0.29) is 11.6 Å². The molecular weight excluding hydrogens is 584 g/mol. The first-order valence-electron chi connectivity index (χ1n) is 12.8. The van der Waals surface area contributed by atoms with E-state index in [0.717, 1.165) is 12.3 Å². The summed E-state index contributed by atoms with van der Waals surface area (Å²) in [4.78, 5) is 28.2. The number of anilines is 1. The lowest BCUT2D eigenvalue weighted by molar-refractivity contribution is -0.183. The normalized spacial score (nSPS) is 24.5. The van der Waals surface area contributed by atoms with Crippen LogP contribution in [0.25, 0.3) is 10.8 Å². The molecule has 1 fully saturated rings. The molecule has 0 saturated carbocycles. The largest absolute Gasteiger partial charge is 0.462 e. The molecule has 2 heterocycles. The van der Waals surface area contributed by atoms with Crippen molar-refractivity contribution in [1.82, 2.24) is 14.6 Å². The van der Waals surface area contributed by atoms with Gasteiger partial charge in [-0.15, -0.1) is 0 Å². The van der Waals surface area contributed by atoms with Crippen molar-refractivity contribution in [1.29, 1.82) is 0 Å². The van der Waals surface area contributed by atoms with Gasteiger partial charge in [0.15, 0.2) is 18.0 Å². The molecular formula is C26H30F3N4O8P. The Balaban J connectivity index is 1.67. The highest BCUT2D eigenvalue weighted by atomic mass is 31.2. The number of nitrogen functional groups attached to an aromatic ring is 1. The van der Waals surface area contributed by atoms with E-state index in [1.165, 1.54) is 13.0 Å². The molecule has 0 bridgehead atoms. The van der Waals surface area contributed by atoms with Crippen LogP contribution in [0.5, 0.6) is 5.75 Å². The maximum absolute atomic E-state index is 15.5. The summed E-state index contributed by atoms with van der Waals surface area (Å²) in [6, 6.07) is 11.4. The number of rotatable bonds is 11. The van der Waals surface area contributed by atoms with Crippen molar-refractivity contribution in [3.63, 3.8) is 0 Å². The van der Waals surface area contributed by atoms with E-state index < -0.39 is 68.7 Å². The van der Waals surface area contributed by atoms with Gasteiger partial charge in [0.05, 0.1) is 12.7 Å². The molecule has 42 heavy (non-hydrogen) atoms. The van der Waals surface area contributed by atoms with Crippen LogP contribution < -0.4 is 21.0 Å². The number of carbonyl (C=O) groups is 1. The van der Waals surface area contributed by atoms with Crippen molar-refractivity contribution in [3.8, 4) is 5.75 Å². The number of halogens is 3. The molecule has 1 saturated heterocycles. The molecule has 16 heteroatoms. The number of aliphatic hydroxyl groups excluding tert-OH is 1. The van der Waals surface area contributed by atoms with Gasteiger partial charge < -0.3 is 24.8 Å². The van der Waals surface area contributed by atoms with E-state index in [1.807, 2.05) is 0 Å². The number of nitrogens with one attached hydrogen (secondary N) is 1. The van der Waals surface area contributed by atoms with Gasteiger partial charge in [-0.25, -0.2) is 22.5 Å². The van der Waals surface area contributed by atoms with E-state index in [1.54, 1.807) is 50.2 Å². The average Bonchev–Trinajstić information content (AvgIpc) is 3.18. The van der Waals surface area contributed by atoms with Gasteiger partial charge in [-0.2, -0.15) is 10.1 Å². The predicted molar refractivity (Wildman–Crippen MR) is 145 cm³/mol. The zero-order valence-electron chi connectivity index (χ0n) is 22.7. The smallest absolute Gasteiger partial charge is 0.459 e. The molecule has 1 aromatic heterocycles. The number of carbonyl (C=O) groups excluding carboxylic acids is 1. The third-order valence-corrected chi connectivity index (χ3v) is 7.99. The van der Waals surface area contributed by atoms with Crippen molar-refractivity contribution in [2.75, 3.05) is 12.3 Å². The Kier molecular flexibility index (Phi) is 9.28. The standard InChI is InChI=1S/C26H30F3N4O8P/c1-14(2)39-23(35)15(3)32-42(37,41-18-10-6-8-16-7-4-5-9-17(16)18)38-13-26(24(28)29)21(27)20(34)22(40-26)33-12-11-19(30)31-25(33)36/h4-12,14-15,20-22,24,34H,13H2,1-3H3,(H,32,37)(H2,30,31,36)/t15-,20+,21-,22+,26+,42?/m0/s1. The number of aliphatic hydroxyl groups is 1. The van der Waals surface area contributed by atoms with Crippen LogP contribution in [0.4, 0.5) is 19.0 Å². The van der Waals surface area contributed by atoms with E-state index in [0.29, 0.717) is 15.3 Å². The molecule has 1 aliphatic rings. The van der Waals surface area contributed by atoms with Gasteiger partial charge in [-0.05, 0) is 38.3 Å². The summed E-state index contributed by atoms with van der Waals surface area (Å²) in [5.41, 5.74) is 1.13. The molecule has 4 rings (SSSR count). The first-order chi connectivity index (χ1) is 19.8. The van der Waals surface area contributed by atoms with Crippen molar-refractivity contribution < 1.29 is 46.2 Å². The number of alkyl halides is 3. The molecule has 6 atom stereocenters. The van der Waals surface area contributed by atoms with E-state index in [2.05, 4.69) is 10.1 Å². The molecule has 12 nitrogen and oxygen atoms in total. The van der Waals surface area contributed by atoms with Gasteiger partial charge in [0.1, 0.15) is 23.7 Å². The number of ether oxygens (including phenoxy) is 2. The van der Waals surface area contributed by atoms with Crippen LogP contribution in [0.3, 0.4) is 0 Å². The quantitative estimate of drug-likeness (QED) is 0.214. The molecule has 0 aliphatic carbocycles. The lowest BCUT2D eigenvalue weighted by Gasteiger charge is -2.32. The van der Waals surface area contributed by atoms with Gasteiger partial charge >= 0.3 is 19.4 Å². The summed E-state index contributed by atoms with van der Waals surface area (Å²) in [5.74, 6) is -1.06. The zero-order chi connectivity index (χ0) is 30.8. The fourth-order valence-electron chi connectivity index (χ4n) is 4.29. The fraction of sp³-hybridized carbons (Fsp3) is 0.423. The van der Waals surface area contributed by atoms with Crippen LogP contribution >= 0.6 is 7.75 Å². The van der Waals surface area contributed by atoms with Crippen molar-refractivity contribution in [2.45, 2.75) is 63.4 Å². The van der Waals surface area contributed by atoms with Crippen LogP contribution in [0.2, 0.25) is 0 Å². The average molecular weight is 615 g/mol. The second-order valence-corrected chi connectivity index (χ2v) is 11.6. The Hall–Kier alpha value is -3.49. The fourth-order valence-corrected chi connectivity index (χ4v) is 5.84. The van der Waals surface area contributed by atoms with Gasteiger partial charge in [0, 0.05) is 11.6 Å². The molecule has 2 aromatic carbocycles. The monoisotopic (exact) mass is 614 g/mol. The Morgan fingerprint density at radius 2 is 1.90 bits per heavy atom. The number of nitrogens with zero attached hydrogens (tertiary/aromatic N) is 2. The molecule has 0 amide bonds. The number of aromatic nitrogens is 2. The highest BCUT2D eigenvalue weighted by Gasteiger charge is 2.63. The Morgan fingerprint density at radius 1 is 1.21 bits per heavy atom. The third-order valence-electron chi connectivity index (χ3n) is 6.38. The zero-order valence-corrected chi connectivity index (χ0v) is 23.6. The Labute approximate surface area is 238 Å². The number of fused-ring (bicyclic) bond motifs is 1. The number of benzene rings is 2. The SMILES string of the molecule is CC(C)OC(=O)[C@H](C)NP(=O)(OC[C@@]1(C(F)F)O[C@@H](n2ccc(N)nc2=O)[C@H](O)[C@@H]1F)Oc1cccc2ccccc12. The number of hydrogen-bond acceptors (Lipinski definition) is 10. The first kappa shape index (κ1) is 31.4. The number of esters is 1. The summed E-state index contributed by atoms with van der Waals surface area (Å²) in [5, 5.41) is 14.0. The summed E-state index contributed by atoms with van der Waals surface area (Å²) >= 11 is 0. The number of nitrogens with two attached hydrogens (primary N) is 1. The second kappa shape index (κ2) is 12.4. The second-order valence-electron chi connectivity index (χ2n) is 9.87. The van der Waals surface area contributed by atoms with Crippen molar-refractivity contribution in [2.24, 2.45) is 0 Å². The Bertz CT molecular complexity index is 1540. The number of hydrogen-bond donors (Lipinski definition) is 3. The van der Waals surface area contributed by atoms with Crippen molar-refractivity contribution >= 4 is 30.3 Å². The maximum atomic E-state index is 15.5. The maximum Gasteiger partial charge on any atom is 0.459 e. The summed E-state index contributed by atoms with van der Waals surface area (Å²) in [7, 11) is -4.80. The van der Waals surface area contributed by atoms with Gasteiger partial charge in [-0.1, -0.05) is 36.4 Å². The van der Waals surface area contributed by atoms with E-state index in [4.69, 9.17) is 24.3 Å². The minimum absolute atomic E-state index is 0.000933. The molecule has 4 N–H and O–H groups in total. The Morgan fingerprint density at radius 3 is 2.57 bits per heavy atom. The van der Waals surface area contributed by atoms with Crippen LogP contribution in [0.1, 0.15) is 27.0 Å². The lowest BCUT2D eigenvalue weighted by Crippen LogP contribution is -2.51. The molecule has 228 valence electrons. The molecule has 1 unspecified atom stereocenters. The van der Waals surface area contributed by atoms with Crippen LogP contribution in [0, 0.1) is 0 Å². The van der Waals surface area contributed by atoms with Crippen LogP contribution in [-0.4, -0.2) is 63.7 Å². The third kappa shape index (κ3) is 6.45. The summed E-state index contributed by atoms with van der Waals surface area (Å²) in [6.45, 7) is 3.02. The van der Waals surface area contributed by atoms with Crippen molar-refractivity contribution in [3.05, 3.63) is 65.2 Å². The topological polar surface area (TPSA) is 164 Å². The minimum Gasteiger partial charge on any atom is -0.462 e. The molecule has 0 spiro atoms. The van der Waals surface area contributed by atoms with Crippen LogP contribution in [-0.2, 0) is 23.4 Å². The highest BCUT2D eigenvalue weighted by Crippen LogP contribution is 2.50. The first-order valence-corrected chi connectivity index (χ1v) is 14.3. The molecule has 3 aromatic rings. The highest BCUT2D eigenvalue weighted by molar-refractivity contribution is 7.52. The summed E-state index contributed by atoms with van der Waals surface area (Å²) < 4.78 is 80.5.